The molecule has 0 aliphatic rings. The van der Waals surface area contributed by atoms with Gasteiger partial charge in [-0.2, -0.15) is 0 Å². The van der Waals surface area contributed by atoms with Crippen LogP contribution in [0.4, 0.5) is 5.88 Å². The Bertz CT molecular complexity index is 818. The molecule has 2 rings (SSSR count). The number of pyridine rings is 1. The lowest BCUT2D eigenvalue weighted by Gasteiger charge is -2.19. The Balaban J connectivity index is 2.46. The maximum Gasteiger partial charge on any atom is 0.252 e. The van der Waals surface area contributed by atoms with E-state index in [1.54, 1.807) is 18.3 Å². The maximum absolute atomic E-state index is 12.2. The molecule has 0 aromatic carbocycles. The average molecular weight is 449 g/mol. The molecule has 0 aliphatic carbocycles. The quantitative estimate of drug-likeness (QED) is 0.470. The van der Waals surface area contributed by atoms with Gasteiger partial charge in [0.05, 0.1) is 5.75 Å². The summed E-state index contributed by atoms with van der Waals surface area (Å²) in [5, 5.41) is 11.1. The van der Waals surface area contributed by atoms with E-state index in [-0.39, 0.29) is 28.9 Å². The molecular weight excluding hydrogens is 428 g/mol. The highest BCUT2D eigenvalue weighted by Gasteiger charge is 2.29. The summed E-state index contributed by atoms with van der Waals surface area (Å²) < 4.78 is 38.2. The number of hydrogen-bond acceptors (Lipinski definition) is 6. The smallest absolute Gasteiger partial charge is 0.252 e. The molecule has 0 fully saturated rings. The number of sulfonamides is 1. The van der Waals surface area contributed by atoms with Gasteiger partial charge < -0.3 is 13.9 Å². The Labute approximate surface area is 156 Å². The van der Waals surface area contributed by atoms with Crippen LogP contribution in [-0.2, 0) is 10.0 Å². The lowest BCUT2D eigenvalue weighted by atomic mass is 10.2. The zero-order valence-corrected chi connectivity index (χ0v) is 17.6. The number of alkyl halides is 1. The first-order chi connectivity index (χ1) is 11.6. The summed E-state index contributed by atoms with van der Waals surface area (Å²) in [5.41, 5.74) is 0.520. The van der Waals surface area contributed by atoms with Crippen LogP contribution in [0.2, 0.25) is 19.6 Å². The normalized spacial score (nSPS) is 12.2. The van der Waals surface area contributed by atoms with Crippen LogP contribution in [0.1, 0.15) is 6.42 Å². The molecule has 7 nitrogen and oxygen atoms in total. The number of nitrogens with one attached hydrogen (secondary N) is 1. The minimum absolute atomic E-state index is 0.0143. The molecule has 25 heavy (non-hydrogen) atoms. The molecule has 2 heterocycles. The highest BCUT2D eigenvalue weighted by atomic mass is 79.9. The first-order valence-corrected chi connectivity index (χ1v) is 13.8. The van der Waals surface area contributed by atoms with E-state index < -0.39 is 18.3 Å². The molecule has 0 unspecified atom stereocenters. The van der Waals surface area contributed by atoms with Crippen molar-refractivity contribution in [3.63, 3.8) is 0 Å². The Kier molecular flexibility index (Phi) is 6.17. The van der Waals surface area contributed by atoms with Gasteiger partial charge in [-0.3, -0.25) is 4.98 Å². The molecule has 0 aliphatic heterocycles. The van der Waals surface area contributed by atoms with E-state index in [0.29, 0.717) is 17.3 Å². The van der Waals surface area contributed by atoms with E-state index in [9.17, 15) is 13.5 Å². The fourth-order valence-corrected chi connectivity index (χ4v) is 4.50. The molecule has 138 valence electrons. The summed E-state index contributed by atoms with van der Waals surface area (Å²) in [6.45, 7) is 5.77. The molecule has 2 N–H and O–H groups in total. The van der Waals surface area contributed by atoms with Crippen molar-refractivity contribution < 1.29 is 22.4 Å². The molecule has 0 spiro atoms. The summed E-state index contributed by atoms with van der Waals surface area (Å²) in [6, 6.07) is 3.39. The molecule has 10 heteroatoms. The van der Waals surface area contributed by atoms with Crippen LogP contribution in [0.3, 0.4) is 0 Å². The second-order valence-corrected chi connectivity index (χ2v) is 13.4. The summed E-state index contributed by atoms with van der Waals surface area (Å²) >= 11 is 3.21. The molecule has 0 saturated carbocycles. The maximum atomic E-state index is 12.2. The molecule has 2 aromatic rings. The van der Waals surface area contributed by atoms with Crippen LogP contribution in [-0.4, -0.2) is 37.9 Å². The van der Waals surface area contributed by atoms with Gasteiger partial charge in [0, 0.05) is 23.3 Å². The number of furan rings is 1. The molecular formula is C15H21BrN2O5SSi. The monoisotopic (exact) mass is 448 g/mol. The Morgan fingerprint density at radius 1 is 1.40 bits per heavy atom. The number of aromatic nitrogens is 1. The molecule has 0 amide bonds. The average Bonchev–Trinajstić information content (AvgIpc) is 2.81. The van der Waals surface area contributed by atoms with Crippen LogP contribution in [0.5, 0.6) is 11.5 Å². The molecule has 2 aromatic heterocycles. The van der Waals surface area contributed by atoms with Crippen LogP contribution in [0, 0.1) is 0 Å². The summed E-state index contributed by atoms with van der Waals surface area (Å²) in [5.74, 6) is -0.309. The second kappa shape index (κ2) is 7.79. The third-order valence-corrected chi connectivity index (χ3v) is 5.67. The van der Waals surface area contributed by atoms with Crippen molar-refractivity contribution in [2.75, 3.05) is 15.8 Å². The minimum Gasteiger partial charge on any atom is -0.538 e. The fourth-order valence-electron chi connectivity index (χ4n) is 2.01. The van der Waals surface area contributed by atoms with E-state index in [1.165, 1.54) is 6.20 Å². The predicted molar refractivity (Wildman–Crippen MR) is 103 cm³/mol. The second-order valence-electron chi connectivity index (χ2n) is 6.36. The van der Waals surface area contributed by atoms with Crippen LogP contribution in [0.25, 0.3) is 11.3 Å². The lowest BCUT2D eigenvalue weighted by Crippen LogP contribution is -2.29. The van der Waals surface area contributed by atoms with Crippen molar-refractivity contribution in [2.24, 2.45) is 0 Å². The van der Waals surface area contributed by atoms with E-state index in [0.717, 1.165) is 0 Å². The molecule has 0 bridgehead atoms. The summed E-state index contributed by atoms with van der Waals surface area (Å²) in [7, 11) is -5.75. The summed E-state index contributed by atoms with van der Waals surface area (Å²) in [6.07, 6.45) is 3.55. The minimum atomic E-state index is -3.63. The third-order valence-electron chi connectivity index (χ3n) is 2.97. The van der Waals surface area contributed by atoms with E-state index in [2.05, 4.69) is 25.6 Å². The molecule has 0 atom stereocenters. The van der Waals surface area contributed by atoms with E-state index >= 15 is 0 Å². The van der Waals surface area contributed by atoms with Crippen molar-refractivity contribution in [1.29, 1.82) is 0 Å². The highest BCUT2D eigenvalue weighted by molar-refractivity contribution is 9.09. The predicted octanol–water partition coefficient (Wildman–Crippen LogP) is 3.79. The van der Waals surface area contributed by atoms with Gasteiger partial charge in [0.1, 0.15) is 0 Å². The first kappa shape index (κ1) is 19.8. The Morgan fingerprint density at radius 2 is 2.12 bits per heavy atom. The van der Waals surface area contributed by atoms with Gasteiger partial charge in [0.25, 0.3) is 5.88 Å². The lowest BCUT2D eigenvalue weighted by molar-refractivity contribution is 0.440. The van der Waals surface area contributed by atoms with Crippen LogP contribution < -0.4 is 9.15 Å². The van der Waals surface area contributed by atoms with E-state index in [1.807, 2.05) is 19.6 Å². The largest absolute Gasteiger partial charge is 0.538 e. The van der Waals surface area contributed by atoms with Crippen molar-refractivity contribution >= 4 is 40.2 Å². The van der Waals surface area contributed by atoms with Gasteiger partial charge in [0.2, 0.25) is 29.8 Å². The Morgan fingerprint density at radius 3 is 2.68 bits per heavy atom. The zero-order chi connectivity index (χ0) is 18.7. The zero-order valence-electron chi connectivity index (χ0n) is 14.2. The van der Waals surface area contributed by atoms with Gasteiger partial charge in [-0.05, 0) is 38.2 Å². The third kappa shape index (κ3) is 5.48. The standard InChI is InChI=1S/C15H21BrN2O5SSi/c1-25(2,3)23-14-12(19)13(11-6-4-8-17-10-11)22-15(14)18-24(20,21)9-5-7-16/h4,6,8,10,18-19H,5,7,9H2,1-3H3. The topological polar surface area (TPSA) is 102 Å². The fraction of sp³-hybridized carbons (Fsp3) is 0.400. The van der Waals surface area contributed by atoms with Crippen molar-refractivity contribution in [2.45, 2.75) is 26.1 Å². The number of hydrogen-bond donors (Lipinski definition) is 2. The van der Waals surface area contributed by atoms with Crippen molar-refractivity contribution in [3.05, 3.63) is 24.5 Å². The van der Waals surface area contributed by atoms with Gasteiger partial charge >= 0.3 is 0 Å². The van der Waals surface area contributed by atoms with Crippen molar-refractivity contribution in [3.8, 4) is 22.8 Å². The molecule has 0 radical (unpaired) electrons. The number of nitrogens with zero attached hydrogens (tertiary/aromatic N) is 1. The first-order valence-electron chi connectivity index (χ1n) is 7.64. The van der Waals surface area contributed by atoms with Crippen LogP contribution in [0.15, 0.2) is 28.9 Å². The number of aromatic hydroxyl groups is 1. The Hall–Kier alpha value is -1.52. The number of anilines is 1. The van der Waals surface area contributed by atoms with Gasteiger partial charge in [-0.1, -0.05) is 15.9 Å². The van der Waals surface area contributed by atoms with Crippen LogP contribution >= 0.6 is 15.9 Å². The highest BCUT2D eigenvalue weighted by Crippen LogP contribution is 2.47. The van der Waals surface area contributed by atoms with Crippen molar-refractivity contribution in [1.82, 2.24) is 4.98 Å². The van der Waals surface area contributed by atoms with Gasteiger partial charge in [0.15, 0.2) is 5.76 Å². The van der Waals surface area contributed by atoms with E-state index in [4.69, 9.17) is 8.84 Å². The van der Waals surface area contributed by atoms with Gasteiger partial charge in [-0.25, -0.2) is 13.1 Å². The number of halogens is 1. The van der Waals surface area contributed by atoms with Gasteiger partial charge in [-0.15, -0.1) is 0 Å². The summed E-state index contributed by atoms with van der Waals surface area (Å²) in [4.78, 5) is 3.98. The number of rotatable bonds is 8. The SMILES string of the molecule is C[Si](C)(C)Oc1c(NS(=O)(=O)CCCBr)oc(-c2cccnc2)c1O. The molecule has 0 saturated heterocycles.